The molecular weight excluding hydrogens is 268 g/mol. The van der Waals surface area contributed by atoms with Crippen molar-refractivity contribution >= 4 is 21.6 Å². The fourth-order valence-corrected chi connectivity index (χ4v) is 1.77. The van der Waals surface area contributed by atoms with Gasteiger partial charge in [0.05, 0.1) is 12.5 Å². The lowest BCUT2D eigenvalue weighted by Gasteiger charge is -2.11. The maximum atomic E-state index is 12.5. The number of nitriles is 1. The van der Waals surface area contributed by atoms with Crippen LogP contribution in [0.2, 0.25) is 0 Å². The van der Waals surface area contributed by atoms with Crippen LogP contribution in [0.25, 0.3) is 0 Å². The Labute approximate surface area is 94.0 Å². The molecule has 0 atom stereocenters. The van der Waals surface area contributed by atoms with E-state index < -0.39 is 6.43 Å². The third-order valence-electron chi connectivity index (χ3n) is 1.95. The van der Waals surface area contributed by atoms with Crippen molar-refractivity contribution in [2.75, 3.05) is 5.73 Å². The Morgan fingerprint density at radius 2 is 2.27 bits per heavy atom. The van der Waals surface area contributed by atoms with Crippen LogP contribution in [-0.2, 0) is 11.8 Å². The Morgan fingerprint density at radius 3 is 2.73 bits per heavy atom. The molecule has 1 aromatic heterocycles. The molecule has 0 saturated carbocycles. The highest BCUT2D eigenvalue weighted by atomic mass is 79.9. The van der Waals surface area contributed by atoms with Gasteiger partial charge in [0.2, 0.25) is 0 Å². The van der Waals surface area contributed by atoms with E-state index in [0.29, 0.717) is 5.56 Å². The van der Waals surface area contributed by atoms with Gasteiger partial charge >= 0.3 is 0 Å². The standard InChI is InChI=1S/C9H8BrF2N3/c10-3-6-7(14)5(1-2-13)4-15-8(6)9(11)12/h4,9H,1,3H2,(H2,14,15). The van der Waals surface area contributed by atoms with Crippen molar-refractivity contribution in [3.63, 3.8) is 0 Å². The third kappa shape index (κ3) is 2.42. The highest BCUT2D eigenvalue weighted by Gasteiger charge is 2.18. The van der Waals surface area contributed by atoms with E-state index in [-0.39, 0.29) is 28.7 Å². The molecule has 0 aliphatic heterocycles. The van der Waals surface area contributed by atoms with Gasteiger partial charge in [0.1, 0.15) is 5.69 Å². The second-order valence-corrected chi connectivity index (χ2v) is 3.39. The van der Waals surface area contributed by atoms with Crippen LogP contribution in [-0.4, -0.2) is 4.98 Å². The molecule has 2 N–H and O–H groups in total. The fraction of sp³-hybridized carbons (Fsp3) is 0.333. The zero-order valence-corrected chi connectivity index (χ0v) is 9.26. The third-order valence-corrected chi connectivity index (χ3v) is 2.51. The average Bonchev–Trinajstić information content (AvgIpc) is 2.20. The van der Waals surface area contributed by atoms with E-state index >= 15 is 0 Å². The molecule has 0 fully saturated rings. The summed E-state index contributed by atoms with van der Waals surface area (Å²) in [6.45, 7) is 0. The molecule has 3 nitrogen and oxygen atoms in total. The van der Waals surface area contributed by atoms with Gasteiger partial charge in [-0.15, -0.1) is 0 Å². The number of alkyl halides is 3. The number of halogens is 3. The highest BCUT2D eigenvalue weighted by molar-refractivity contribution is 9.08. The van der Waals surface area contributed by atoms with Crippen molar-refractivity contribution in [3.8, 4) is 6.07 Å². The Balaban J connectivity index is 3.27. The van der Waals surface area contributed by atoms with Crippen molar-refractivity contribution in [1.82, 2.24) is 4.98 Å². The number of hydrogen-bond acceptors (Lipinski definition) is 3. The van der Waals surface area contributed by atoms with Crippen LogP contribution < -0.4 is 5.73 Å². The number of anilines is 1. The van der Waals surface area contributed by atoms with E-state index in [2.05, 4.69) is 20.9 Å². The lowest BCUT2D eigenvalue weighted by Crippen LogP contribution is -2.05. The molecule has 0 radical (unpaired) electrons. The summed E-state index contributed by atoms with van der Waals surface area (Å²) in [7, 11) is 0. The molecule has 0 aromatic carbocycles. The van der Waals surface area contributed by atoms with Gasteiger partial charge in [0, 0.05) is 28.3 Å². The SMILES string of the molecule is N#CCc1cnc(C(F)F)c(CBr)c1N. The molecule has 1 heterocycles. The van der Waals surface area contributed by atoms with Gasteiger partial charge in [-0.2, -0.15) is 5.26 Å². The second kappa shape index (κ2) is 5.03. The summed E-state index contributed by atoms with van der Waals surface area (Å²) in [6.07, 6.45) is -1.36. The summed E-state index contributed by atoms with van der Waals surface area (Å²) in [4.78, 5) is 3.62. The lowest BCUT2D eigenvalue weighted by atomic mass is 10.1. The minimum absolute atomic E-state index is 0.0718. The molecule has 1 rings (SSSR count). The average molecular weight is 276 g/mol. The van der Waals surface area contributed by atoms with E-state index in [0.717, 1.165) is 0 Å². The van der Waals surface area contributed by atoms with Crippen molar-refractivity contribution in [3.05, 3.63) is 23.0 Å². The van der Waals surface area contributed by atoms with Crippen molar-refractivity contribution < 1.29 is 8.78 Å². The first-order valence-electron chi connectivity index (χ1n) is 4.09. The van der Waals surface area contributed by atoms with Crippen LogP contribution in [0.4, 0.5) is 14.5 Å². The van der Waals surface area contributed by atoms with E-state index in [9.17, 15) is 8.78 Å². The molecule has 0 unspecified atom stereocenters. The fourth-order valence-electron chi connectivity index (χ4n) is 1.18. The summed E-state index contributed by atoms with van der Waals surface area (Å²) in [5.74, 6) is 0. The second-order valence-electron chi connectivity index (χ2n) is 2.83. The van der Waals surface area contributed by atoms with Crippen LogP contribution in [0.15, 0.2) is 6.20 Å². The quantitative estimate of drug-likeness (QED) is 0.863. The maximum Gasteiger partial charge on any atom is 0.280 e. The number of pyridine rings is 1. The Morgan fingerprint density at radius 1 is 1.60 bits per heavy atom. The van der Waals surface area contributed by atoms with Crippen LogP contribution in [0, 0.1) is 11.3 Å². The van der Waals surface area contributed by atoms with Crippen molar-refractivity contribution in [2.24, 2.45) is 0 Å². The van der Waals surface area contributed by atoms with Gasteiger partial charge in [0.25, 0.3) is 6.43 Å². The summed E-state index contributed by atoms with van der Waals surface area (Å²) in [6, 6.07) is 1.90. The molecule has 0 saturated heterocycles. The predicted molar refractivity (Wildman–Crippen MR) is 55.6 cm³/mol. The number of nitrogens with zero attached hydrogens (tertiary/aromatic N) is 2. The number of hydrogen-bond donors (Lipinski definition) is 1. The van der Waals surface area contributed by atoms with Gasteiger partial charge in [-0.3, -0.25) is 4.98 Å². The summed E-state index contributed by atoms with van der Waals surface area (Å²) < 4.78 is 25.0. The smallest absolute Gasteiger partial charge is 0.280 e. The van der Waals surface area contributed by atoms with Crippen molar-refractivity contribution in [1.29, 1.82) is 5.26 Å². The monoisotopic (exact) mass is 275 g/mol. The summed E-state index contributed by atoms with van der Waals surface area (Å²) >= 11 is 3.08. The number of nitrogen functional groups attached to an aromatic ring is 1. The molecule has 0 bridgehead atoms. The number of nitrogens with two attached hydrogens (primary N) is 1. The largest absolute Gasteiger partial charge is 0.398 e. The first-order chi connectivity index (χ1) is 7.11. The number of aromatic nitrogens is 1. The van der Waals surface area contributed by atoms with Crippen LogP contribution >= 0.6 is 15.9 Å². The Kier molecular flexibility index (Phi) is 3.97. The molecule has 15 heavy (non-hydrogen) atoms. The van der Waals surface area contributed by atoms with Crippen LogP contribution in [0.1, 0.15) is 23.2 Å². The molecule has 0 aliphatic carbocycles. The summed E-state index contributed by atoms with van der Waals surface area (Å²) in [5.41, 5.74) is 6.30. The molecule has 0 amide bonds. The zero-order chi connectivity index (χ0) is 11.4. The van der Waals surface area contributed by atoms with Gasteiger partial charge in [-0.25, -0.2) is 8.78 Å². The minimum atomic E-state index is -2.66. The highest BCUT2D eigenvalue weighted by Crippen LogP contribution is 2.29. The Hall–Kier alpha value is -1.22. The molecular formula is C9H8BrF2N3. The van der Waals surface area contributed by atoms with Gasteiger partial charge in [0.15, 0.2) is 0 Å². The first-order valence-corrected chi connectivity index (χ1v) is 5.21. The topological polar surface area (TPSA) is 62.7 Å². The lowest BCUT2D eigenvalue weighted by molar-refractivity contribution is 0.145. The predicted octanol–water partition coefficient (Wildman–Crippen LogP) is 2.56. The Bertz CT molecular complexity index is 401. The normalized spacial score (nSPS) is 10.3. The van der Waals surface area contributed by atoms with Gasteiger partial charge in [-0.1, -0.05) is 15.9 Å². The molecule has 1 aromatic rings. The maximum absolute atomic E-state index is 12.5. The molecule has 0 aliphatic rings. The van der Waals surface area contributed by atoms with E-state index in [1.807, 2.05) is 6.07 Å². The molecule has 6 heteroatoms. The van der Waals surface area contributed by atoms with Crippen molar-refractivity contribution in [2.45, 2.75) is 18.2 Å². The van der Waals surface area contributed by atoms with E-state index in [1.165, 1.54) is 6.20 Å². The number of rotatable bonds is 3. The first kappa shape index (κ1) is 11.9. The molecule has 0 spiro atoms. The van der Waals surface area contributed by atoms with E-state index in [4.69, 9.17) is 11.0 Å². The zero-order valence-electron chi connectivity index (χ0n) is 7.67. The van der Waals surface area contributed by atoms with Crippen LogP contribution in [0.5, 0.6) is 0 Å². The van der Waals surface area contributed by atoms with Crippen LogP contribution in [0.3, 0.4) is 0 Å². The van der Waals surface area contributed by atoms with Gasteiger partial charge in [-0.05, 0) is 0 Å². The molecule has 80 valence electrons. The summed E-state index contributed by atoms with van der Waals surface area (Å²) in [5, 5.41) is 8.69. The van der Waals surface area contributed by atoms with Gasteiger partial charge < -0.3 is 5.73 Å². The van der Waals surface area contributed by atoms with E-state index in [1.54, 1.807) is 0 Å². The minimum Gasteiger partial charge on any atom is -0.398 e.